The number of benzene rings is 2. The van der Waals surface area contributed by atoms with Crippen LogP contribution in [0.2, 0.25) is 0 Å². The number of nitrogens with zero attached hydrogens (tertiary/aromatic N) is 1. The summed E-state index contributed by atoms with van der Waals surface area (Å²) in [5.74, 6) is 1.66. The SMILES string of the molecule is COc1cc(CNCCOc2ccccn2)ccc1OCc1ccc(F)cc1. The number of rotatable bonds is 10. The number of aromatic nitrogens is 1. The summed E-state index contributed by atoms with van der Waals surface area (Å²) in [6.45, 7) is 2.26. The number of halogens is 1. The van der Waals surface area contributed by atoms with Crippen LogP contribution in [-0.4, -0.2) is 25.2 Å². The summed E-state index contributed by atoms with van der Waals surface area (Å²) in [5, 5.41) is 3.32. The molecule has 0 aliphatic heterocycles. The molecule has 0 unspecified atom stereocenters. The summed E-state index contributed by atoms with van der Waals surface area (Å²) < 4.78 is 29.8. The monoisotopic (exact) mass is 382 g/mol. The van der Waals surface area contributed by atoms with Gasteiger partial charge in [-0.2, -0.15) is 0 Å². The van der Waals surface area contributed by atoms with Crippen LogP contribution in [-0.2, 0) is 13.2 Å². The molecule has 0 aliphatic rings. The van der Waals surface area contributed by atoms with Crippen molar-refractivity contribution in [3.05, 3.63) is 83.8 Å². The van der Waals surface area contributed by atoms with E-state index < -0.39 is 0 Å². The molecule has 0 bridgehead atoms. The highest BCUT2D eigenvalue weighted by molar-refractivity contribution is 5.43. The Labute approximate surface area is 164 Å². The molecule has 0 amide bonds. The Kier molecular flexibility index (Phi) is 7.21. The van der Waals surface area contributed by atoms with Crippen molar-refractivity contribution < 1.29 is 18.6 Å². The van der Waals surface area contributed by atoms with Crippen LogP contribution in [0.25, 0.3) is 0 Å². The Bertz CT molecular complexity index is 857. The van der Waals surface area contributed by atoms with Gasteiger partial charge in [-0.05, 0) is 41.5 Å². The average Bonchev–Trinajstić information content (AvgIpc) is 2.74. The first-order valence-corrected chi connectivity index (χ1v) is 9.03. The molecule has 0 saturated heterocycles. The summed E-state index contributed by atoms with van der Waals surface area (Å²) in [6, 6.07) is 17.6. The van der Waals surface area contributed by atoms with Crippen LogP contribution in [0.3, 0.4) is 0 Å². The molecule has 0 atom stereocenters. The summed E-state index contributed by atoms with van der Waals surface area (Å²) >= 11 is 0. The predicted molar refractivity (Wildman–Crippen MR) is 105 cm³/mol. The molecule has 1 heterocycles. The molecular weight excluding hydrogens is 359 g/mol. The Morgan fingerprint density at radius 2 is 1.75 bits per heavy atom. The minimum absolute atomic E-state index is 0.261. The number of hydrogen-bond donors (Lipinski definition) is 1. The molecule has 0 aliphatic carbocycles. The first-order valence-electron chi connectivity index (χ1n) is 9.03. The van der Waals surface area contributed by atoms with Gasteiger partial charge in [0.25, 0.3) is 0 Å². The molecule has 6 heteroatoms. The normalized spacial score (nSPS) is 10.5. The molecule has 0 fully saturated rings. The maximum absolute atomic E-state index is 13.0. The Balaban J connectivity index is 1.46. The van der Waals surface area contributed by atoms with Gasteiger partial charge in [0.15, 0.2) is 11.5 Å². The largest absolute Gasteiger partial charge is 0.493 e. The van der Waals surface area contributed by atoms with E-state index in [2.05, 4.69) is 10.3 Å². The zero-order chi connectivity index (χ0) is 19.6. The molecule has 5 nitrogen and oxygen atoms in total. The van der Waals surface area contributed by atoms with Gasteiger partial charge >= 0.3 is 0 Å². The van der Waals surface area contributed by atoms with Gasteiger partial charge in [0.1, 0.15) is 19.0 Å². The number of ether oxygens (including phenoxy) is 3. The van der Waals surface area contributed by atoms with E-state index in [1.165, 1.54) is 12.1 Å². The topological polar surface area (TPSA) is 52.6 Å². The van der Waals surface area contributed by atoms with Gasteiger partial charge < -0.3 is 19.5 Å². The van der Waals surface area contributed by atoms with E-state index in [1.807, 2.05) is 36.4 Å². The highest BCUT2D eigenvalue weighted by Gasteiger charge is 2.07. The molecule has 146 valence electrons. The standard InChI is InChI=1S/C22H23FN2O3/c1-26-21-14-18(15-24-12-13-27-22-4-2-3-11-25-22)7-10-20(21)28-16-17-5-8-19(23)9-6-17/h2-11,14,24H,12-13,15-16H2,1H3. The van der Waals surface area contributed by atoms with E-state index in [-0.39, 0.29) is 5.82 Å². The third-order valence-corrected chi connectivity index (χ3v) is 4.03. The van der Waals surface area contributed by atoms with Crippen LogP contribution >= 0.6 is 0 Å². The number of methoxy groups -OCH3 is 1. The fourth-order valence-electron chi connectivity index (χ4n) is 2.58. The zero-order valence-electron chi connectivity index (χ0n) is 15.7. The van der Waals surface area contributed by atoms with Gasteiger partial charge in [0.05, 0.1) is 7.11 Å². The lowest BCUT2D eigenvalue weighted by Gasteiger charge is -2.13. The predicted octanol–water partition coefficient (Wildman–Crippen LogP) is 3.98. The van der Waals surface area contributed by atoms with Crippen LogP contribution in [0.4, 0.5) is 4.39 Å². The molecular formula is C22H23FN2O3. The smallest absolute Gasteiger partial charge is 0.213 e. The molecule has 28 heavy (non-hydrogen) atoms. The fraction of sp³-hybridized carbons (Fsp3) is 0.227. The number of hydrogen-bond acceptors (Lipinski definition) is 5. The van der Waals surface area contributed by atoms with Crippen LogP contribution < -0.4 is 19.5 Å². The zero-order valence-corrected chi connectivity index (χ0v) is 15.7. The Hall–Kier alpha value is -3.12. The molecule has 0 spiro atoms. The minimum Gasteiger partial charge on any atom is -0.493 e. The fourth-order valence-corrected chi connectivity index (χ4v) is 2.58. The molecule has 0 radical (unpaired) electrons. The van der Waals surface area contributed by atoms with Crippen molar-refractivity contribution in [2.45, 2.75) is 13.2 Å². The Morgan fingerprint density at radius 1 is 0.929 bits per heavy atom. The first kappa shape index (κ1) is 19.6. The lowest BCUT2D eigenvalue weighted by molar-refractivity contribution is 0.284. The van der Waals surface area contributed by atoms with E-state index in [0.29, 0.717) is 43.7 Å². The molecule has 1 aromatic heterocycles. The summed E-state index contributed by atoms with van der Waals surface area (Å²) in [7, 11) is 1.61. The van der Waals surface area contributed by atoms with Crippen molar-refractivity contribution in [2.24, 2.45) is 0 Å². The highest BCUT2D eigenvalue weighted by Crippen LogP contribution is 2.28. The lowest BCUT2D eigenvalue weighted by atomic mass is 10.2. The lowest BCUT2D eigenvalue weighted by Crippen LogP contribution is -2.20. The van der Waals surface area contributed by atoms with Crippen molar-refractivity contribution in [3.8, 4) is 17.4 Å². The molecule has 3 aromatic rings. The molecule has 0 saturated carbocycles. The molecule has 2 aromatic carbocycles. The third kappa shape index (κ3) is 5.96. The van der Waals surface area contributed by atoms with Crippen LogP contribution in [0, 0.1) is 5.82 Å². The van der Waals surface area contributed by atoms with E-state index in [0.717, 1.165) is 11.1 Å². The number of pyridine rings is 1. The summed E-state index contributed by atoms with van der Waals surface area (Å²) in [5.41, 5.74) is 1.96. The second-order valence-corrected chi connectivity index (χ2v) is 6.09. The highest BCUT2D eigenvalue weighted by atomic mass is 19.1. The van der Waals surface area contributed by atoms with Crippen molar-refractivity contribution in [1.29, 1.82) is 0 Å². The van der Waals surface area contributed by atoms with Crippen LogP contribution in [0.15, 0.2) is 66.9 Å². The van der Waals surface area contributed by atoms with E-state index in [4.69, 9.17) is 14.2 Å². The van der Waals surface area contributed by atoms with Crippen LogP contribution in [0.1, 0.15) is 11.1 Å². The van der Waals surface area contributed by atoms with Crippen molar-refractivity contribution in [1.82, 2.24) is 10.3 Å². The van der Waals surface area contributed by atoms with E-state index in [1.54, 1.807) is 25.4 Å². The average molecular weight is 382 g/mol. The second kappa shape index (κ2) is 10.3. The molecule has 3 rings (SSSR count). The maximum atomic E-state index is 13.0. The summed E-state index contributed by atoms with van der Waals surface area (Å²) in [4.78, 5) is 4.11. The van der Waals surface area contributed by atoms with Gasteiger partial charge in [-0.1, -0.05) is 24.3 Å². The van der Waals surface area contributed by atoms with Crippen molar-refractivity contribution in [3.63, 3.8) is 0 Å². The van der Waals surface area contributed by atoms with Crippen LogP contribution in [0.5, 0.6) is 17.4 Å². The van der Waals surface area contributed by atoms with Crippen molar-refractivity contribution >= 4 is 0 Å². The van der Waals surface area contributed by atoms with Gasteiger partial charge in [0, 0.05) is 25.4 Å². The van der Waals surface area contributed by atoms with Gasteiger partial charge in [-0.3, -0.25) is 0 Å². The van der Waals surface area contributed by atoms with Gasteiger partial charge in [0.2, 0.25) is 5.88 Å². The number of nitrogens with one attached hydrogen (secondary N) is 1. The minimum atomic E-state index is -0.261. The van der Waals surface area contributed by atoms with E-state index >= 15 is 0 Å². The van der Waals surface area contributed by atoms with Gasteiger partial charge in [-0.25, -0.2) is 9.37 Å². The Morgan fingerprint density at radius 3 is 2.50 bits per heavy atom. The van der Waals surface area contributed by atoms with E-state index in [9.17, 15) is 4.39 Å². The summed E-state index contributed by atoms with van der Waals surface area (Å²) in [6.07, 6.45) is 1.70. The maximum Gasteiger partial charge on any atom is 0.213 e. The second-order valence-electron chi connectivity index (χ2n) is 6.09. The third-order valence-electron chi connectivity index (χ3n) is 4.03. The molecule has 1 N–H and O–H groups in total. The van der Waals surface area contributed by atoms with Crippen molar-refractivity contribution in [2.75, 3.05) is 20.3 Å². The first-order chi connectivity index (χ1) is 13.7. The van der Waals surface area contributed by atoms with Gasteiger partial charge in [-0.15, -0.1) is 0 Å². The quantitative estimate of drug-likeness (QED) is 0.538.